The van der Waals surface area contributed by atoms with Crippen molar-refractivity contribution in [3.8, 4) is 0 Å². The lowest BCUT2D eigenvalue weighted by molar-refractivity contribution is 0.221. The van der Waals surface area contributed by atoms with Gasteiger partial charge in [-0.15, -0.1) is 0 Å². The zero-order valence-electron chi connectivity index (χ0n) is 12.8. The Labute approximate surface area is 113 Å². The first-order chi connectivity index (χ1) is 8.78. The van der Waals surface area contributed by atoms with Gasteiger partial charge in [-0.05, 0) is 40.5 Å². The summed E-state index contributed by atoms with van der Waals surface area (Å²) in [6.45, 7) is 12.9. The van der Waals surface area contributed by atoms with Crippen molar-refractivity contribution in [1.82, 2.24) is 9.80 Å². The maximum atomic E-state index is 4.78. The summed E-state index contributed by atoms with van der Waals surface area (Å²) >= 11 is 0. The maximum Gasteiger partial charge on any atom is 0.196 e. The Kier molecular flexibility index (Phi) is 7.14. The fraction of sp³-hybridized carbons (Fsp3) is 0.933. The number of nitrogens with zero attached hydrogens (tertiary/aromatic N) is 3. The molecule has 0 saturated heterocycles. The van der Waals surface area contributed by atoms with Crippen LogP contribution in [0.1, 0.15) is 59.8 Å². The number of rotatable bonds is 5. The van der Waals surface area contributed by atoms with Gasteiger partial charge >= 0.3 is 0 Å². The molecular weight excluding hydrogens is 222 g/mol. The van der Waals surface area contributed by atoms with Crippen LogP contribution in [0.2, 0.25) is 0 Å². The van der Waals surface area contributed by atoms with Crippen LogP contribution >= 0.6 is 0 Å². The van der Waals surface area contributed by atoms with E-state index in [1.165, 1.54) is 38.1 Å². The molecule has 18 heavy (non-hydrogen) atoms. The van der Waals surface area contributed by atoms with Crippen molar-refractivity contribution in [3.63, 3.8) is 0 Å². The molecule has 1 aliphatic rings. The molecule has 0 spiro atoms. The molecule has 0 aromatic rings. The summed E-state index contributed by atoms with van der Waals surface area (Å²) in [7, 11) is 0. The Morgan fingerprint density at radius 3 is 2.00 bits per heavy atom. The van der Waals surface area contributed by atoms with E-state index in [0.717, 1.165) is 32.2 Å². The van der Waals surface area contributed by atoms with E-state index in [-0.39, 0.29) is 0 Å². The third-order valence-corrected chi connectivity index (χ3v) is 3.96. The van der Waals surface area contributed by atoms with E-state index in [2.05, 4.69) is 37.5 Å². The highest BCUT2D eigenvalue weighted by molar-refractivity contribution is 5.80. The van der Waals surface area contributed by atoms with Crippen molar-refractivity contribution in [2.24, 2.45) is 4.99 Å². The minimum absolute atomic E-state index is 0.717. The monoisotopic (exact) mass is 253 g/mol. The molecule has 0 bridgehead atoms. The van der Waals surface area contributed by atoms with Gasteiger partial charge in [0.05, 0.1) is 0 Å². The first-order valence-electron chi connectivity index (χ1n) is 7.84. The lowest BCUT2D eigenvalue weighted by Gasteiger charge is -2.39. The summed E-state index contributed by atoms with van der Waals surface area (Å²) in [6, 6.07) is 0.717. The molecule has 0 atom stereocenters. The zero-order valence-corrected chi connectivity index (χ0v) is 12.8. The first-order valence-corrected chi connectivity index (χ1v) is 7.84. The molecule has 3 nitrogen and oxygen atoms in total. The summed E-state index contributed by atoms with van der Waals surface area (Å²) < 4.78 is 0. The molecule has 1 saturated carbocycles. The fourth-order valence-electron chi connectivity index (χ4n) is 2.98. The van der Waals surface area contributed by atoms with Gasteiger partial charge in [0, 0.05) is 32.2 Å². The van der Waals surface area contributed by atoms with Crippen molar-refractivity contribution < 1.29 is 0 Å². The SMILES string of the molecule is CC/N=C(/N(CC)CC)N(CC)C1CCCCC1. The minimum atomic E-state index is 0.717. The van der Waals surface area contributed by atoms with Gasteiger partial charge < -0.3 is 9.80 Å². The normalized spacial score (nSPS) is 17.9. The lowest BCUT2D eigenvalue weighted by atomic mass is 9.94. The van der Waals surface area contributed by atoms with E-state index in [0.29, 0.717) is 0 Å². The molecule has 0 radical (unpaired) electrons. The van der Waals surface area contributed by atoms with Crippen LogP contribution in [-0.2, 0) is 0 Å². The third-order valence-electron chi connectivity index (χ3n) is 3.96. The van der Waals surface area contributed by atoms with Crippen LogP contribution in [0, 0.1) is 0 Å². The van der Waals surface area contributed by atoms with Gasteiger partial charge in [0.2, 0.25) is 0 Å². The van der Waals surface area contributed by atoms with Gasteiger partial charge in [-0.25, -0.2) is 0 Å². The molecule has 0 aromatic heterocycles. The van der Waals surface area contributed by atoms with Gasteiger partial charge in [-0.1, -0.05) is 19.3 Å². The second-order valence-corrected chi connectivity index (χ2v) is 5.02. The van der Waals surface area contributed by atoms with E-state index in [1.54, 1.807) is 0 Å². The predicted octanol–water partition coefficient (Wildman–Crippen LogP) is 3.36. The highest BCUT2D eigenvalue weighted by Crippen LogP contribution is 2.23. The average molecular weight is 253 g/mol. The smallest absolute Gasteiger partial charge is 0.196 e. The second kappa shape index (κ2) is 8.39. The lowest BCUT2D eigenvalue weighted by Crippen LogP contribution is -2.49. The Morgan fingerprint density at radius 2 is 1.56 bits per heavy atom. The molecule has 1 fully saturated rings. The van der Waals surface area contributed by atoms with Crippen molar-refractivity contribution in [2.75, 3.05) is 26.2 Å². The Bertz CT molecular complexity index is 240. The molecule has 1 rings (SSSR count). The third kappa shape index (κ3) is 3.89. The van der Waals surface area contributed by atoms with Gasteiger partial charge in [0.25, 0.3) is 0 Å². The fourth-order valence-corrected chi connectivity index (χ4v) is 2.98. The van der Waals surface area contributed by atoms with Crippen molar-refractivity contribution in [3.05, 3.63) is 0 Å². The highest BCUT2D eigenvalue weighted by Gasteiger charge is 2.24. The molecule has 0 aromatic carbocycles. The van der Waals surface area contributed by atoms with Crippen LogP contribution in [0.15, 0.2) is 4.99 Å². The number of guanidine groups is 1. The summed E-state index contributed by atoms with van der Waals surface area (Å²) in [6.07, 6.45) is 6.88. The van der Waals surface area contributed by atoms with Crippen LogP contribution in [0.4, 0.5) is 0 Å². The summed E-state index contributed by atoms with van der Waals surface area (Å²) in [5, 5.41) is 0. The van der Waals surface area contributed by atoms with Crippen molar-refractivity contribution in [1.29, 1.82) is 0 Å². The number of hydrogen-bond acceptors (Lipinski definition) is 1. The molecular formula is C15H31N3. The minimum Gasteiger partial charge on any atom is -0.343 e. The predicted molar refractivity (Wildman–Crippen MR) is 80.2 cm³/mol. The van der Waals surface area contributed by atoms with Crippen LogP contribution < -0.4 is 0 Å². The molecule has 3 heteroatoms. The van der Waals surface area contributed by atoms with E-state index >= 15 is 0 Å². The summed E-state index contributed by atoms with van der Waals surface area (Å²) in [4.78, 5) is 9.74. The molecule has 0 aliphatic heterocycles. The number of aliphatic imine (C=N–C) groups is 1. The largest absolute Gasteiger partial charge is 0.343 e. The Morgan fingerprint density at radius 1 is 0.944 bits per heavy atom. The Balaban J connectivity index is 2.82. The van der Waals surface area contributed by atoms with Crippen LogP contribution in [0.5, 0.6) is 0 Å². The van der Waals surface area contributed by atoms with Crippen LogP contribution in [-0.4, -0.2) is 48.0 Å². The van der Waals surface area contributed by atoms with Gasteiger partial charge in [0.15, 0.2) is 5.96 Å². The van der Waals surface area contributed by atoms with E-state index in [9.17, 15) is 0 Å². The van der Waals surface area contributed by atoms with Crippen molar-refractivity contribution in [2.45, 2.75) is 65.8 Å². The molecule has 106 valence electrons. The standard InChI is InChI=1S/C15H31N3/c1-5-16-15(17(6-2)7-3)18(8-4)14-12-10-9-11-13-14/h14H,5-13H2,1-4H3/b16-15-. The van der Waals surface area contributed by atoms with Gasteiger partial charge in [0.1, 0.15) is 0 Å². The van der Waals surface area contributed by atoms with Gasteiger partial charge in [-0.3, -0.25) is 4.99 Å². The summed E-state index contributed by atoms with van der Waals surface area (Å²) in [5.41, 5.74) is 0. The summed E-state index contributed by atoms with van der Waals surface area (Å²) in [5.74, 6) is 1.23. The highest BCUT2D eigenvalue weighted by atomic mass is 15.4. The first kappa shape index (κ1) is 15.3. The van der Waals surface area contributed by atoms with Gasteiger partial charge in [-0.2, -0.15) is 0 Å². The number of hydrogen-bond donors (Lipinski definition) is 0. The molecule has 1 aliphatic carbocycles. The zero-order chi connectivity index (χ0) is 13.4. The topological polar surface area (TPSA) is 18.8 Å². The molecule has 0 unspecified atom stereocenters. The molecule has 0 amide bonds. The second-order valence-electron chi connectivity index (χ2n) is 5.02. The van der Waals surface area contributed by atoms with Crippen LogP contribution in [0.25, 0.3) is 0 Å². The van der Waals surface area contributed by atoms with Crippen LogP contribution in [0.3, 0.4) is 0 Å². The van der Waals surface area contributed by atoms with E-state index in [4.69, 9.17) is 4.99 Å². The van der Waals surface area contributed by atoms with Crippen molar-refractivity contribution >= 4 is 5.96 Å². The Hall–Kier alpha value is -0.730. The molecule has 0 heterocycles. The molecule has 0 N–H and O–H groups in total. The van der Waals surface area contributed by atoms with E-state index in [1.807, 2.05) is 0 Å². The quantitative estimate of drug-likeness (QED) is 0.552. The average Bonchev–Trinajstić information content (AvgIpc) is 2.42. The van der Waals surface area contributed by atoms with E-state index < -0.39 is 0 Å². The maximum absolute atomic E-state index is 4.78.